The summed E-state index contributed by atoms with van der Waals surface area (Å²) < 4.78 is 5.83. The van der Waals surface area contributed by atoms with Crippen LogP contribution in [0.25, 0.3) is 0 Å². The smallest absolute Gasteiger partial charge is 0.271 e. The normalized spacial score (nSPS) is 19.0. The largest absolute Gasteiger partial charge is 0.365 e. The molecule has 28 heavy (non-hydrogen) atoms. The maximum atomic E-state index is 10.9. The number of anilines is 1. The number of hydrogen-bond acceptors (Lipinski definition) is 4. The summed E-state index contributed by atoms with van der Waals surface area (Å²) in [7, 11) is 0. The Morgan fingerprint density at radius 3 is 2.86 bits per heavy atom. The molecular weight excluding hydrogens is 400 g/mol. The summed E-state index contributed by atoms with van der Waals surface area (Å²) in [6.45, 7) is 4.06. The Kier molecular flexibility index (Phi) is 7.16. The van der Waals surface area contributed by atoms with Gasteiger partial charge >= 0.3 is 0 Å². The van der Waals surface area contributed by atoms with Crippen molar-refractivity contribution >= 4 is 40.3 Å². The van der Waals surface area contributed by atoms with E-state index in [2.05, 4.69) is 34.9 Å². The van der Waals surface area contributed by atoms with Crippen molar-refractivity contribution in [2.45, 2.75) is 12.6 Å². The topological polar surface area (TPSA) is 80.9 Å². The van der Waals surface area contributed by atoms with Gasteiger partial charge in [-0.05, 0) is 18.3 Å². The zero-order valence-corrected chi connectivity index (χ0v) is 16.8. The van der Waals surface area contributed by atoms with Gasteiger partial charge in [0.15, 0.2) is 5.11 Å². The molecule has 0 aliphatic carbocycles. The molecular formula is C19H22ClN4O3S+. The molecule has 9 heteroatoms. The molecule has 0 bridgehead atoms. The van der Waals surface area contributed by atoms with E-state index in [9.17, 15) is 10.1 Å². The highest BCUT2D eigenvalue weighted by molar-refractivity contribution is 7.80. The van der Waals surface area contributed by atoms with Crippen LogP contribution in [0, 0.1) is 10.1 Å². The van der Waals surface area contributed by atoms with Crippen LogP contribution in [0.3, 0.4) is 0 Å². The molecule has 3 rings (SSSR count). The van der Waals surface area contributed by atoms with Gasteiger partial charge < -0.3 is 20.3 Å². The Hall–Kier alpha value is -2.26. The lowest BCUT2D eigenvalue weighted by Gasteiger charge is -2.30. The van der Waals surface area contributed by atoms with Crippen molar-refractivity contribution in [1.29, 1.82) is 0 Å². The number of nitro benzene ring substituents is 1. The molecule has 3 N–H and O–H groups in total. The molecule has 1 aliphatic heterocycles. The molecule has 1 unspecified atom stereocenters. The second kappa shape index (κ2) is 9.79. The molecule has 2 atom stereocenters. The van der Waals surface area contributed by atoms with Crippen LogP contribution in [0.5, 0.6) is 0 Å². The Bertz CT molecular complexity index is 837. The van der Waals surface area contributed by atoms with Crippen LogP contribution >= 0.6 is 23.8 Å². The van der Waals surface area contributed by atoms with Gasteiger partial charge in [0.1, 0.15) is 25.7 Å². The number of benzene rings is 2. The van der Waals surface area contributed by atoms with E-state index >= 15 is 0 Å². The predicted molar refractivity (Wildman–Crippen MR) is 113 cm³/mol. The number of hydrogen-bond donors (Lipinski definition) is 3. The molecule has 7 nitrogen and oxygen atoms in total. The molecule has 0 radical (unpaired) electrons. The highest BCUT2D eigenvalue weighted by Crippen LogP contribution is 2.26. The molecule has 0 spiro atoms. The molecule has 0 saturated carbocycles. The van der Waals surface area contributed by atoms with Gasteiger partial charge in [-0.1, -0.05) is 41.9 Å². The fourth-order valence-corrected chi connectivity index (χ4v) is 3.48. The molecule has 1 aliphatic rings. The molecule has 2 aromatic rings. The standard InChI is InChI=1S/C19H21ClN4O3S/c20-17-7-6-15(24(25)26)10-18(17)22-19(28)21-11-16-13-23(8-9-27-16)12-14-4-2-1-3-5-14/h1-7,10,16H,8-9,11-13H2,(H2,21,22,28)/p+1/t16-/m0/s1. The quantitative estimate of drug-likeness (QED) is 0.376. The summed E-state index contributed by atoms with van der Waals surface area (Å²) >= 11 is 11.4. The molecule has 148 valence electrons. The Morgan fingerprint density at radius 2 is 2.11 bits per heavy atom. The molecule has 1 saturated heterocycles. The average Bonchev–Trinajstić information content (AvgIpc) is 2.69. The number of nitro groups is 1. The van der Waals surface area contributed by atoms with Gasteiger partial charge in [-0.15, -0.1) is 0 Å². The third kappa shape index (κ3) is 5.87. The zero-order chi connectivity index (χ0) is 19.9. The fraction of sp³-hybridized carbons (Fsp3) is 0.316. The second-order valence-corrected chi connectivity index (χ2v) is 7.43. The summed E-state index contributed by atoms with van der Waals surface area (Å²) in [5.41, 5.74) is 1.66. The average molecular weight is 422 g/mol. The third-order valence-corrected chi connectivity index (χ3v) is 5.10. The monoisotopic (exact) mass is 421 g/mol. The van der Waals surface area contributed by atoms with Gasteiger partial charge in [-0.25, -0.2) is 0 Å². The summed E-state index contributed by atoms with van der Waals surface area (Å²) in [6.07, 6.45) is 0.0350. The molecule has 0 amide bonds. The Morgan fingerprint density at radius 1 is 1.32 bits per heavy atom. The number of halogens is 1. The number of ether oxygens (including phenoxy) is 1. The number of nitrogens with one attached hydrogen (secondary N) is 3. The Balaban J connectivity index is 1.49. The molecule has 1 fully saturated rings. The predicted octanol–water partition coefficient (Wildman–Crippen LogP) is 2.02. The molecule has 2 aromatic carbocycles. The minimum absolute atomic E-state index is 0.0350. The molecule has 1 heterocycles. The summed E-state index contributed by atoms with van der Waals surface area (Å²) in [6, 6.07) is 14.6. The van der Waals surface area contributed by atoms with Gasteiger partial charge in [0.2, 0.25) is 0 Å². The first-order valence-electron chi connectivity index (χ1n) is 8.99. The van der Waals surface area contributed by atoms with E-state index in [1.165, 1.54) is 28.7 Å². The van der Waals surface area contributed by atoms with Crippen LogP contribution in [-0.4, -0.2) is 42.4 Å². The summed E-state index contributed by atoms with van der Waals surface area (Å²) in [5.74, 6) is 0. The number of non-ortho nitro benzene ring substituents is 1. The van der Waals surface area contributed by atoms with Gasteiger partial charge in [-0.2, -0.15) is 0 Å². The van der Waals surface area contributed by atoms with Gasteiger partial charge in [0.05, 0.1) is 22.2 Å². The van der Waals surface area contributed by atoms with Crippen molar-refractivity contribution < 1.29 is 14.6 Å². The third-order valence-electron chi connectivity index (χ3n) is 4.52. The minimum Gasteiger partial charge on any atom is -0.365 e. The van der Waals surface area contributed by atoms with Crippen molar-refractivity contribution in [3.63, 3.8) is 0 Å². The van der Waals surface area contributed by atoms with Gasteiger partial charge in [0.25, 0.3) is 5.69 Å². The van der Waals surface area contributed by atoms with Crippen LogP contribution in [0.15, 0.2) is 48.5 Å². The second-order valence-electron chi connectivity index (χ2n) is 6.62. The van der Waals surface area contributed by atoms with E-state index < -0.39 is 4.92 Å². The van der Waals surface area contributed by atoms with Crippen molar-refractivity contribution in [3.8, 4) is 0 Å². The van der Waals surface area contributed by atoms with E-state index in [-0.39, 0.29) is 11.8 Å². The first kappa shape index (κ1) is 20.5. The lowest BCUT2D eigenvalue weighted by Crippen LogP contribution is -3.13. The van der Waals surface area contributed by atoms with Crippen molar-refractivity contribution in [3.05, 3.63) is 69.2 Å². The minimum atomic E-state index is -0.474. The number of rotatable bonds is 6. The summed E-state index contributed by atoms with van der Waals surface area (Å²) in [4.78, 5) is 11.9. The van der Waals surface area contributed by atoms with Crippen LogP contribution in [-0.2, 0) is 11.3 Å². The number of morpholine rings is 1. The van der Waals surface area contributed by atoms with Gasteiger partial charge in [-0.3, -0.25) is 10.1 Å². The zero-order valence-electron chi connectivity index (χ0n) is 15.2. The maximum Gasteiger partial charge on any atom is 0.271 e. The Labute approximate surface area is 173 Å². The number of quaternary nitrogens is 1. The van der Waals surface area contributed by atoms with Crippen LogP contribution in [0.1, 0.15) is 5.56 Å². The fourth-order valence-electron chi connectivity index (χ4n) is 3.12. The SMILES string of the molecule is O=[N+]([O-])c1ccc(Cl)c(NC(=S)NC[C@H]2C[NH+](Cc3ccccc3)CCO2)c1. The lowest BCUT2D eigenvalue weighted by molar-refractivity contribution is -0.925. The van der Waals surface area contributed by atoms with Crippen LogP contribution in [0.2, 0.25) is 5.02 Å². The summed E-state index contributed by atoms with van der Waals surface area (Å²) in [5, 5.41) is 17.7. The van der Waals surface area contributed by atoms with E-state index in [4.69, 9.17) is 28.6 Å². The van der Waals surface area contributed by atoms with Crippen molar-refractivity contribution in [2.75, 3.05) is 31.6 Å². The first-order chi connectivity index (χ1) is 13.5. The highest BCUT2D eigenvalue weighted by Gasteiger charge is 2.24. The van der Waals surface area contributed by atoms with E-state index in [1.54, 1.807) is 0 Å². The number of thiocarbonyl (C=S) groups is 1. The maximum absolute atomic E-state index is 10.9. The van der Waals surface area contributed by atoms with E-state index in [0.717, 1.165) is 19.6 Å². The number of nitrogens with zero attached hydrogens (tertiary/aromatic N) is 1. The molecule has 0 aromatic heterocycles. The first-order valence-corrected chi connectivity index (χ1v) is 9.78. The van der Waals surface area contributed by atoms with E-state index in [0.29, 0.717) is 29.0 Å². The van der Waals surface area contributed by atoms with Gasteiger partial charge in [0, 0.05) is 24.2 Å². The highest BCUT2D eigenvalue weighted by atomic mass is 35.5. The van der Waals surface area contributed by atoms with E-state index in [1.807, 2.05) is 6.07 Å². The van der Waals surface area contributed by atoms with Crippen LogP contribution in [0.4, 0.5) is 11.4 Å². The van der Waals surface area contributed by atoms with Crippen LogP contribution < -0.4 is 15.5 Å². The van der Waals surface area contributed by atoms with Crippen molar-refractivity contribution in [2.24, 2.45) is 0 Å². The lowest BCUT2D eigenvalue weighted by atomic mass is 10.2. The van der Waals surface area contributed by atoms with Crippen molar-refractivity contribution in [1.82, 2.24) is 5.32 Å².